The van der Waals surface area contributed by atoms with E-state index < -0.39 is 0 Å². The summed E-state index contributed by atoms with van der Waals surface area (Å²) < 4.78 is 5.73. The molecule has 132 valence electrons. The van der Waals surface area contributed by atoms with E-state index in [1.54, 1.807) is 0 Å². The molecule has 0 bridgehead atoms. The Balaban J connectivity index is 1.45. The molecule has 2 atom stereocenters. The number of carbonyl (C=O) groups is 1. The Morgan fingerprint density at radius 2 is 2.17 bits per heavy atom. The lowest BCUT2D eigenvalue weighted by atomic mass is 10.0. The maximum Gasteiger partial charge on any atom is 0.317 e. The highest BCUT2D eigenvalue weighted by molar-refractivity contribution is 5.74. The lowest BCUT2D eigenvalue weighted by Crippen LogP contribution is -2.54. The summed E-state index contributed by atoms with van der Waals surface area (Å²) >= 11 is 0. The maximum atomic E-state index is 12.4. The van der Waals surface area contributed by atoms with Crippen molar-refractivity contribution in [3.63, 3.8) is 0 Å². The van der Waals surface area contributed by atoms with Crippen molar-refractivity contribution < 1.29 is 9.53 Å². The first-order valence-corrected chi connectivity index (χ1v) is 8.89. The predicted octanol–water partition coefficient (Wildman–Crippen LogP) is 2.04. The molecule has 0 spiro atoms. The van der Waals surface area contributed by atoms with E-state index in [1.807, 2.05) is 23.2 Å². The molecule has 1 aromatic rings. The SMILES string of the molecule is CC(c1ccccn1)N1CCN(C(=O)NCC2(C)CCCO2)CC1. The molecule has 2 fully saturated rings. The van der Waals surface area contributed by atoms with E-state index in [0.717, 1.165) is 51.3 Å². The summed E-state index contributed by atoms with van der Waals surface area (Å²) in [5, 5.41) is 3.04. The molecule has 1 aromatic heterocycles. The Hall–Kier alpha value is -1.66. The minimum Gasteiger partial charge on any atom is -0.373 e. The highest BCUT2D eigenvalue weighted by Gasteiger charge is 2.31. The topological polar surface area (TPSA) is 57.7 Å². The summed E-state index contributed by atoms with van der Waals surface area (Å²) in [7, 11) is 0. The molecule has 2 amide bonds. The summed E-state index contributed by atoms with van der Waals surface area (Å²) in [5.41, 5.74) is 0.895. The van der Waals surface area contributed by atoms with Gasteiger partial charge in [-0.3, -0.25) is 9.88 Å². The lowest BCUT2D eigenvalue weighted by molar-refractivity contribution is 0.0211. The molecule has 2 unspecified atom stereocenters. The third-order valence-electron chi connectivity index (χ3n) is 5.18. The fraction of sp³-hybridized carbons (Fsp3) is 0.667. The molecule has 0 aliphatic carbocycles. The fourth-order valence-electron chi connectivity index (χ4n) is 3.47. The number of hydrogen-bond donors (Lipinski definition) is 1. The molecule has 0 radical (unpaired) electrons. The zero-order valence-electron chi connectivity index (χ0n) is 14.7. The van der Waals surface area contributed by atoms with Gasteiger partial charge in [-0.25, -0.2) is 4.79 Å². The summed E-state index contributed by atoms with van der Waals surface area (Å²) in [6.45, 7) is 8.90. The molecule has 6 nitrogen and oxygen atoms in total. The van der Waals surface area contributed by atoms with Crippen LogP contribution in [0.2, 0.25) is 0 Å². The van der Waals surface area contributed by atoms with Crippen LogP contribution in [-0.4, -0.2) is 65.7 Å². The smallest absolute Gasteiger partial charge is 0.317 e. The second kappa shape index (κ2) is 7.49. The number of amides is 2. The van der Waals surface area contributed by atoms with Crippen molar-refractivity contribution in [1.29, 1.82) is 0 Å². The van der Waals surface area contributed by atoms with E-state index in [0.29, 0.717) is 6.54 Å². The van der Waals surface area contributed by atoms with Gasteiger partial charge in [-0.15, -0.1) is 0 Å². The number of rotatable bonds is 4. The normalized spacial score (nSPS) is 26.3. The van der Waals surface area contributed by atoms with E-state index in [2.05, 4.69) is 35.1 Å². The molecular formula is C18H28N4O2. The van der Waals surface area contributed by atoms with E-state index in [9.17, 15) is 4.79 Å². The van der Waals surface area contributed by atoms with Crippen LogP contribution in [0.25, 0.3) is 0 Å². The molecule has 24 heavy (non-hydrogen) atoms. The Labute approximate surface area is 144 Å². The molecule has 2 saturated heterocycles. The van der Waals surface area contributed by atoms with Gasteiger partial charge in [0.2, 0.25) is 0 Å². The average molecular weight is 332 g/mol. The Morgan fingerprint density at radius 3 is 2.79 bits per heavy atom. The molecule has 6 heteroatoms. The molecule has 3 rings (SSSR count). The monoisotopic (exact) mass is 332 g/mol. The van der Waals surface area contributed by atoms with Crippen LogP contribution in [0.15, 0.2) is 24.4 Å². The number of aromatic nitrogens is 1. The Kier molecular flexibility index (Phi) is 5.36. The lowest BCUT2D eigenvalue weighted by Gasteiger charge is -2.38. The third kappa shape index (κ3) is 4.05. The number of pyridine rings is 1. The van der Waals surface area contributed by atoms with Gasteiger partial charge in [0.25, 0.3) is 0 Å². The van der Waals surface area contributed by atoms with Gasteiger partial charge in [-0.05, 0) is 38.8 Å². The van der Waals surface area contributed by atoms with Crippen LogP contribution in [0.3, 0.4) is 0 Å². The Morgan fingerprint density at radius 1 is 1.38 bits per heavy atom. The zero-order valence-corrected chi connectivity index (χ0v) is 14.7. The minimum absolute atomic E-state index is 0.0249. The summed E-state index contributed by atoms with van der Waals surface area (Å²) in [4.78, 5) is 21.1. The molecule has 0 saturated carbocycles. The van der Waals surface area contributed by atoms with Crippen molar-refractivity contribution in [2.75, 3.05) is 39.3 Å². The molecule has 2 aliphatic rings. The van der Waals surface area contributed by atoms with Gasteiger partial charge in [0.15, 0.2) is 0 Å². The largest absolute Gasteiger partial charge is 0.373 e. The second-order valence-electron chi connectivity index (χ2n) is 7.01. The number of nitrogens with zero attached hydrogens (tertiary/aromatic N) is 3. The van der Waals surface area contributed by atoms with Crippen LogP contribution in [-0.2, 0) is 4.74 Å². The summed E-state index contributed by atoms with van der Waals surface area (Å²) in [6, 6.07) is 6.33. The minimum atomic E-state index is -0.190. The quantitative estimate of drug-likeness (QED) is 0.917. The van der Waals surface area contributed by atoms with Gasteiger partial charge in [-0.2, -0.15) is 0 Å². The van der Waals surface area contributed by atoms with Crippen molar-refractivity contribution in [3.8, 4) is 0 Å². The fourth-order valence-corrected chi connectivity index (χ4v) is 3.47. The van der Waals surface area contributed by atoms with Crippen molar-refractivity contribution in [3.05, 3.63) is 30.1 Å². The highest BCUT2D eigenvalue weighted by Crippen LogP contribution is 2.24. The van der Waals surface area contributed by atoms with Crippen LogP contribution in [0, 0.1) is 0 Å². The van der Waals surface area contributed by atoms with Crippen LogP contribution < -0.4 is 5.32 Å². The van der Waals surface area contributed by atoms with Crippen LogP contribution in [0.4, 0.5) is 4.79 Å². The van der Waals surface area contributed by atoms with E-state index in [1.165, 1.54) is 0 Å². The molecule has 2 aliphatic heterocycles. The molecule has 3 heterocycles. The van der Waals surface area contributed by atoms with E-state index >= 15 is 0 Å². The van der Waals surface area contributed by atoms with Crippen LogP contribution >= 0.6 is 0 Å². The number of nitrogens with one attached hydrogen (secondary N) is 1. The van der Waals surface area contributed by atoms with E-state index in [4.69, 9.17) is 4.74 Å². The van der Waals surface area contributed by atoms with Crippen molar-refractivity contribution in [1.82, 2.24) is 20.1 Å². The van der Waals surface area contributed by atoms with Crippen molar-refractivity contribution in [2.24, 2.45) is 0 Å². The van der Waals surface area contributed by atoms with Gasteiger partial charge in [0, 0.05) is 51.6 Å². The van der Waals surface area contributed by atoms with Gasteiger partial charge >= 0.3 is 6.03 Å². The first-order chi connectivity index (χ1) is 11.6. The third-order valence-corrected chi connectivity index (χ3v) is 5.18. The van der Waals surface area contributed by atoms with Gasteiger partial charge in [0.05, 0.1) is 11.3 Å². The highest BCUT2D eigenvalue weighted by atomic mass is 16.5. The number of ether oxygens (including phenoxy) is 1. The number of carbonyl (C=O) groups excluding carboxylic acids is 1. The zero-order chi connectivity index (χ0) is 17.0. The predicted molar refractivity (Wildman–Crippen MR) is 92.8 cm³/mol. The van der Waals surface area contributed by atoms with Crippen molar-refractivity contribution in [2.45, 2.75) is 38.3 Å². The number of hydrogen-bond acceptors (Lipinski definition) is 4. The van der Waals surface area contributed by atoms with Crippen molar-refractivity contribution >= 4 is 6.03 Å². The molecule has 0 aromatic carbocycles. The summed E-state index contributed by atoms with van der Waals surface area (Å²) in [5.74, 6) is 0. The summed E-state index contributed by atoms with van der Waals surface area (Å²) in [6.07, 6.45) is 3.93. The Bertz CT molecular complexity index is 537. The average Bonchev–Trinajstić information content (AvgIpc) is 3.07. The standard InChI is InChI=1S/C18H28N4O2/c1-15(16-6-3-4-8-19-16)21-9-11-22(12-10-21)17(23)20-14-18(2)7-5-13-24-18/h3-4,6,8,15H,5,7,9-14H2,1-2H3,(H,20,23). The number of piperazine rings is 1. The van der Waals surface area contributed by atoms with E-state index in [-0.39, 0.29) is 17.7 Å². The van der Waals surface area contributed by atoms with Crippen LogP contribution in [0.5, 0.6) is 0 Å². The first kappa shape index (κ1) is 17.2. The van der Waals surface area contributed by atoms with Gasteiger partial charge in [0.1, 0.15) is 0 Å². The number of urea groups is 1. The van der Waals surface area contributed by atoms with Gasteiger partial charge in [-0.1, -0.05) is 6.07 Å². The van der Waals surface area contributed by atoms with Gasteiger partial charge < -0.3 is 15.0 Å². The molecule has 1 N–H and O–H groups in total. The maximum absolute atomic E-state index is 12.4. The first-order valence-electron chi connectivity index (χ1n) is 8.89. The molecular weight excluding hydrogens is 304 g/mol. The van der Waals surface area contributed by atoms with Crippen LogP contribution in [0.1, 0.15) is 38.4 Å². The second-order valence-corrected chi connectivity index (χ2v) is 7.01.